The molecule has 0 bridgehead atoms. The van der Waals surface area contributed by atoms with Crippen molar-refractivity contribution in [1.29, 1.82) is 0 Å². The lowest BCUT2D eigenvalue weighted by Crippen LogP contribution is -2.26. The van der Waals surface area contributed by atoms with Crippen LogP contribution in [-0.4, -0.2) is 27.3 Å². The number of terminal acetylenes is 1. The number of benzene rings is 1. The van der Waals surface area contributed by atoms with Gasteiger partial charge in [-0.3, -0.25) is 9.69 Å². The molecular weight excluding hydrogens is 322 g/mol. The molecular formula is C19H21NO3S. The van der Waals surface area contributed by atoms with E-state index in [-0.39, 0.29) is 0 Å². The molecule has 24 heavy (non-hydrogen) atoms. The van der Waals surface area contributed by atoms with Gasteiger partial charge in [0.15, 0.2) is 0 Å². The van der Waals surface area contributed by atoms with Crippen LogP contribution < -0.4 is 0 Å². The highest BCUT2D eigenvalue weighted by molar-refractivity contribution is 8.01. The lowest BCUT2D eigenvalue weighted by atomic mass is 10.2. The van der Waals surface area contributed by atoms with Gasteiger partial charge in [-0.2, -0.15) is 0 Å². The number of carbonyl (C=O) groups is 1. The Labute approximate surface area is 146 Å². The molecule has 1 heterocycles. The maximum absolute atomic E-state index is 11.2. The van der Waals surface area contributed by atoms with Crippen LogP contribution in [0.25, 0.3) is 0 Å². The number of rotatable bonds is 8. The van der Waals surface area contributed by atoms with Crippen LogP contribution in [0.5, 0.6) is 0 Å². The van der Waals surface area contributed by atoms with Crippen molar-refractivity contribution in [3.05, 3.63) is 54.0 Å². The Morgan fingerprint density at radius 1 is 1.29 bits per heavy atom. The van der Waals surface area contributed by atoms with E-state index < -0.39 is 10.7 Å². The Balaban J connectivity index is 2.01. The highest BCUT2D eigenvalue weighted by atomic mass is 32.2. The molecule has 0 saturated heterocycles. The Morgan fingerprint density at radius 2 is 2.00 bits per heavy atom. The maximum atomic E-state index is 11.2. The van der Waals surface area contributed by atoms with Crippen molar-refractivity contribution in [3.63, 3.8) is 0 Å². The molecule has 0 fully saturated rings. The van der Waals surface area contributed by atoms with Crippen LogP contribution >= 0.6 is 11.8 Å². The Bertz CT molecular complexity index is 699. The van der Waals surface area contributed by atoms with E-state index in [1.165, 1.54) is 11.8 Å². The van der Waals surface area contributed by atoms with E-state index in [1.807, 2.05) is 36.4 Å². The van der Waals surface area contributed by atoms with Crippen LogP contribution in [0.4, 0.5) is 0 Å². The summed E-state index contributed by atoms with van der Waals surface area (Å²) in [7, 11) is 0. The summed E-state index contributed by atoms with van der Waals surface area (Å²) >= 11 is 1.34. The van der Waals surface area contributed by atoms with Crippen LogP contribution in [0.1, 0.15) is 25.2 Å². The van der Waals surface area contributed by atoms with Crippen molar-refractivity contribution in [2.75, 3.05) is 6.54 Å². The van der Waals surface area contributed by atoms with Gasteiger partial charge in [-0.05, 0) is 43.7 Å². The molecule has 0 aliphatic carbocycles. The Hall–Kier alpha value is -2.16. The summed E-state index contributed by atoms with van der Waals surface area (Å²) < 4.78 is 4.52. The third kappa shape index (κ3) is 5.19. The molecule has 1 N–H and O–H groups in total. The molecule has 0 amide bonds. The van der Waals surface area contributed by atoms with Crippen LogP contribution in [-0.2, 0) is 17.9 Å². The normalized spacial score (nSPS) is 11.4. The first-order valence-corrected chi connectivity index (χ1v) is 8.42. The van der Waals surface area contributed by atoms with Gasteiger partial charge in [0, 0.05) is 11.4 Å². The molecule has 2 aromatic rings. The molecule has 126 valence electrons. The van der Waals surface area contributed by atoms with Crippen molar-refractivity contribution >= 4 is 17.7 Å². The first kappa shape index (κ1) is 18.2. The van der Waals surface area contributed by atoms with Gasteiger partial charge in [0.1, 0.15) is 10.5 Å². The lowest BCUT2D eigenvalue weighted by Gasteiger charge is -2.20. The number of hydrogen-bond acceptors (Lipinski definition) is 4. The number of furan rings is 1. The van der Waals surface area contributed by atoms with Crippen molar-refractivity contribution in [2.45, 2.75) is 36.6 Å². The summed E-state index contributed by atoms with van der Waals surface area (Å²) in [5.41, 5.74) is 1.12. The summed E-state index contributed by atoms with van der Waals surface area (Å²) in [4.78, 5) is 14.3. The summed E-state index contributed by atoms with van der Waals surface area (Å²) in [6, 6.07) is 11.7. The average Bonchev–Trinajstić information content (AvgIpc) is 3.02. The Kier molecular flexibility index (Phi) is 6.13. The minimum Gasteiger partial charge on any atom is -0.480 e. The molecule has 0 saturated carbocycles. The molecule has 0 spiro atoms. The molecule has 0 atom stereocenters. The SMILES string of the molecule is C#CCN(Cc1ccc(SC(C)(C)C(=O)O)cc1)Cc1ccco1. The third-order valence-corrected chi connectivity index (χ3v) is 4.68. The van der Waals surface area contributed by atoms with E-state index in [4.69, 9.17) is 10.8 Å². The van der Waals surface area contributed by atoms with E-state index in [1.54, 1.807) is 20.1 Å². The predicted octanol–water partition coefficient (Wildman–Crippen LogP) is 3.87. The topological polar surface area (TPSA) is 53.7 Å². The summed E-state index contributed by atoms with van der Waals surface area (Å²) in [6.45, 7) is 5.29. The summed E-state index contributed by atoms with van der Waals surface area (Å²) in [5.74, 6) is 2.72. The number of thioether (sulfide) groups is 1. The standard InChI is InChI=1S/C19H21NO3S/c1-4-11-20(14-16-6-5-12-23-16)13-15-7-9-17(10-8-15)24-19(2,3)18(21)22/h1,5-10,12H,11,13-14H2,2-3H3,(H,21,22). The minimum atomic E-state index is -0.851. The number of hydrogen-bond donors (Lipinski definition) is 1. The molecule has 1 aromatic heterocycles. The van der Waals surface area contributed by atoms with Gasteiger partial charge in [0.05, 0.1) is 19.4 Å². The maximum Gasteiger partial charge on any atom is 0.319 e. The summed E-state index contributed by atoms with van der Waals surface area (Å²) in [5, 5.41) is 9.20. The van der Waals surface area contributed by atoms with Gasteiger partial charge in [0.2, 0.25) is 0 Å². The minimum absolute atomic E-state index is 0.531. The van der Waals surface area contributed by atoms with E-state index in [2.05, 4.69) is 10.8 Å². The van der Waals surface area contributed by atoms with Gasteiger partial charge < -0.3 is 9.52 Å². The van der Waals surface area contributed by atoms with Gasteiger partial charge in [-0.15, -0.1) is 18.2 Å². The van der Waals surface area contributed by atoms with Crippen LogP contribution in [0.2, 0.25) is 0 Å². The van der Waals surface area contributed by atoms with Crippen molar-refractivity contribution in [1.82, 2.24) is 4.90 Å². The van der Waals surface area contributed by atoms with Crippen molar-refractivity contribution in [2.24, 2.45) is 0 Å². The molecule has 0 aliphatic rings. The monoisotopic (exact) mass is 343 g/mol. The first-order chi connectivity index (χ1) is 11.4. The van der Waals surface area contributed by atoms with Crippen LogP contribution in [0, 0.1) is 12.3 Å². The van der Waals surface area contributed by atoms with Gasteiger partial charge in [-0.25, -0.2) is 0 Å². The second-order valence-corrected chi connectivity index (χ2v) is 7.69. The van der Waals surface area contributed by atoms with Gasteiger partial charge >= 0.3 is 5.97 Å². The zero-order valence-electron chi connectivity index (χ0n) is 13.9. The molecule has 2 rings (SSSR count). The van der Waals surface area contributed by atoms with E-state index in [0.29, 0.717) is 19.6 Å². The van der Waals surface area contributed by atoms with Gasteiger partial charge in [-0.1, -0.05) is 18.1 Å². The first-order valence-electron chi connectivity index (χ1n) is 7.60. The molecule has 1 aromatic carbocycles. The zero-order chi connectivity index (χ0) is 17.6. The zero-order valence-corrected chi connectivity index (χ0v) is 14.7. The number of aliphatic carboxylic acids is 1. The van der Waals surface area contributed by atoms with E-state index in [0.717, 1.165) is 16.2 Å². The fourth-order valence-corrected chi connectivity index (χ4v) is 3.13. The summed E-state index contributed by atoms with van der Waals surface area (Å²) in [6.07, 6.45) is 7.11. The largest absolute Gasteiger partial charge is 0.480 e. The van der Waals surface area contributed by atoms with E-state index >= 15 is 0 Å². The molecule has 4 nitrogen and oxygen atoms in total. The smallest absolute Gasteiger partial charge is 0.319 e. The number of nitrogens with zero attached hydrogens (tertiary/aromatic N) is 1. The average molecular weight is 343 g/mol. The molecule has 0 unspecified atom stereocenters. The van der Waals surface area contributed by atoms with Crippen molar-refractivity contribution in [3.8, 4) is 12.3 Å². The fraction of sp³-hybridized carbons (Fsp3) is 0.316. The highest BCUT2D eigenvalue weighted by Gasteiger charge is 2.28. The van der Waals surface area contributed by atoms with Crippen molar-refractivity contribution < 1.29 is 14.3 Å². The van der Waals surface area contributed by atoms with E-state index in [9.17, 15) is 9.90 Å². The quantitative estimate of drug-likeness (QED) is 0.582. The Morgan fingerprint density at radius 3 is 2.54 bits per heavy atom. The second kappa shape index (κ2) is 8.09. The van der Waals surface area contributed by atoms with Gasteiger partial charge in [0.25, 0.3) is 0 Å². The van der Waals surface area contributed by atoms with Crippen LogP contribution in [0.15, 0.2) is 52.0 Å². The second-order valence-electron chi connectivity index (χ2n) is 5.99. The van der Waals surface area contributed by atoms with Crippen LogP contribution in [0.3, 0.4) is 0 Å². The third-order valence-electron chi connectivity index (χ3n) is 3.49. The number of carboxylic acid groups (broad SMARTS) is 1. The molecule has 0 aliphatic heterocycles. The lowest BCUT2D eigenvalue weighted by molar-refractivity contribution is -0.138. The molecule has 0 radical (unpaired) electrons. The highest BCUT2D eigenvalue weighted by Crippen LogP contribution is 2.32. The predicted molar refractivity (Wildman–Crippen MR) is 95.7 cm³/mol. The molecule has 5 heteroatoms. The fourth-order valence-electron chi connectivity index (χ4n) is 2.18. The number of carboxylic acids is 1.